The van der Waals surface area contributed by atoms with Gasteiger partial charge in [-0.1, -0.05) is 76.5 Å². The van der Waals surface area contributed by atoms with E-state index in [-0.39, 0.29) is 40.6 Å². The maximum absolute atomic E-state index is 12.9. The molecule has 5 rings (SSSR count). The van der Waals surface area contributed by atoms with Crippen molar-refractivity contribution in [2.45, 2.75) is 157 Å². The van der Waals surface area contributed by atoms with Crippen molar-refractivity contribution >= 4 is 17.9 Å². The molecular weight excluding hydrogens is 691 g/mol. The van der Waals surface area contributed by atoms with E-state index in [1.165, 1.54) is 25.4 Å². The van der Waals surface area contributed by atoms with E-state index in [0.717, 1.165) is 109 Å². The Morgan fingerprint density at radius 1 is 0.800 bits per heavy atom. The molecule has 0 N–H and O–H groups in total. The Balaban J connectivity index is 1.02. The summed E-state index contributed by atoms with van der Waals surface area (Å²) in [5.41, 5.74) is 2.74. The van der Waals surface area contributed by atoms with Crippen LogP contribution >= 0.6 is 0 Å². The Hall–Kier alpha value is -2.97. The first-order chi connectivity index (χ1) is 26.0. The molecule has 2 unspecified atom stereocenters. The number of hydrogen-bond donors (Lipinski definition) is 0. The van der Waals surface area contributed by atoms with Crippen LogP contribution in [0.2, 0.25) is 0 Å². The van der Waals surface area contributed by atoms with Gasteiger partial charge in [-0.2, -0.15) is 0 Å². The number of hydrogen-bond acceptors (Lipinski definition) is 8. The first-order valence-electron chi connectivity index (χ1n) is 21.6. The minimum absolute atomic E-state index is 0.0189. The van der Waals surface area contributed by atoms with Crippen molar-refractivity contribution in [3.63, 3.8) is 0 Å². The number of aromatic nitrogens is 3. The van der Waals surface area contributed by atoms with Crippen molar-refractivity contribution in [3.05, 3.63) is 36.2 Å². The summed E-state index contributed by atoms with van der Waals surface area (Å²) in [7, 11) is 3.04. The molecule has 0 radical (unpaired) electrons. The van der Waals surface area contributed by atoms with Gasteiger partial charge in [0.05, 0.1) is 37.4 Å². The lowest BCUT2D eigenvalue weighted by molar-refractivity contribution is -0.168. The average molecular weight is 764 g/mol. The van der Waals surface area contributed by atoms with Gasteiger partial charge in [0.15, 0.2) is 0 Å². The normalized spacial score (nSPS) is 34.5. The molecule has 1 aromatic heterocycles. The third kappa shape index (κ3) is 8.96. The van der Waals surface area contributed by atoms with Crippen LogP contribution in [0.4, 0.5) is 0 Å². The zero-order valence-electron chi connectivity index (χ0n) is 35.7. The highest BCUT2D eigenvalue weighted by Crippen LogP contribution is 2.63. The number of allylic oxidation sites excluding steroid dienone is 2. The summed E-state index contributed by atoms with van der Waals surface area (Å²) in [6.07, 6.45) is 18.1. The molecule has 0 amide bonds. The lowest BCUT2D eigenvalue weighted by atomic mass is 9.46. The van der Waals surface area contributed by atoms with Crippen molar-refractivity contribution in [2.24, 2.45) is 57.2 Å². The molecule has 4 fully saturated rings. The van der Waals surface area contributed by atoms with Crippen LogP contribution in [-0.2, 0) is 41.6 Å². The molecule has 0 aromatic carbocycles. The van der Waals surface area contributed by atoms with Crippen molar-refractivity contribution in [3.8, 4) is 0 Å². The zero-order chi connectivity index (χ0) is 40.2. The number of carbonyl (C=O) groups excluding carboxylic acids is 3. The van der Waals surface area contributed by atoms with Crippen LogP contribution in [0.3, 0.4) is 0 Å². The molecule has 1 heterocycles. The topological polar surface area (TPSA) is 110 Å². The van der Waals surface area contributed by atoms with Crippen LogP contribution in [0.1, 0.15) is 150 Å². The van der Waals surface area contributed by atoms with Gasteiger partial charge in [0.25, 0.3) is 0 Å². The minimum atomic E-state index is -0.443. The summed E-state index contributed by atoms with van der Waals surface area (Å²) in [6.45, 7) is 23.6. The SMILES string of the molecule is C=C1CCC2[C@](C)(CCC[C@]2(C)C(=O)OC)[C@H]1CC[C@@H](C)CCn1cc(CCOC(=O)C[C@H](C)CC[C@H]2C(=C)CCC3[C@]2(C)CCC[C@]3(C)C(=O)OC)nn1. The minimum Gasteiger partial charge on any atom is -0.469 e. The molecule has 0 spiro atoms. The maximum Gasteiger partial charge on any atom is 0.311 e. The fourth-order valence-corrected chi connectivity index (χ4v) is 12.6. The largest absolute Gasteiger partial charge is 0.469 e. The second-order valence-corrected chi connectivity index (χ2v) is 19.4. The van der Waals surface area contributed by atoms with Gasteiger partial charge in [0.1, 0.15) is 0 Å². The number of rotatable bonds is 16. The van der Waals surface area contributed by atoms with Crippen LogP contribution in [0.15, 0.2) is 30.5 Å². The lowest BCUT2D eigenvalue weighted by Crippen LogP contribution is -2.53. The Morgan fingerprint density at radius 2 is 1.31 bits per heavy atom. The predicted octanol–water partition coefficient (Wildman–Crippen LogP) is 9.88. The van der Waals surface area contributed by atoms with Gasteiger partial charge in [-0.25, -0.2) is 0 Å². The van der Waals surface area contributed by atoms with E-state index in [2.05, 4.69) is 65.0 Å². The second-order valence-electron chi connectivity index (χ2n) is 19.4. The van der Waals surface area contributed by atoms with E-state index in [1.54, 1.807) is 0 Å². The molecule has 9 nitrogen and oxygen atoms in total. The molecule has 4 aliphatic rings. The van der Waals surface area contributed by atoms with Crippen LogP contribution < -0.4 is 0 Å². The molecule has 9 heteroatoms. The van der Waals surface area contributed by atoms with Crippen LogP contribution in [0.5, 0.6) is 0 Å². The summed E-state index contributed by atoms with van der Waals surface area (Å²) in [5, 5.41) is 8.73. The fourth-order valence-electron chi connectivity index (χ4n) is 12.6. The Kier molecular flexibility index (Phi) is 13.9. The number of esters is 3. The predicted molar refractivity (Wildman–Crippen MR) is 216 cm³/mol. The van der Waals surface area contributed by atoms with Crippen molar-refractivity contribution in [2.75, 3.05) is 20.8 Å². The van der Waals surface area contributed by atoms with Gasteiger partial charge < -0.3 is 14.2 Å². The smallest absolute Gasteiger partial charge is 0.311 e. The molecule has 0 bridgehead atoms. The molecular formula is C46H73N3O6. The summed E-state index contributed by atoms with van der Waals surface area (Å²) >= 11 is 0. The van der Waals surface area contributed by atoms with Gasteiger partial charge in [0.2, 0.25) is 0 Å². The standard InChI is InChI=1S/C46H73N3O6/c1-31(13-17-36-33(3)15-19-38-43(36,5)23-11-25-45(38,7)41(51)53-9)21-27-49-30-35(47-48-49)22-28-55-40(50)29-32(2)14-18-37-34(4)16-20-39-44(37,6)24-12-26-46(39,8)42(52)54-10/h30-32,36-39H,3-4,11-29H2,1-2,5-10H3/t31-,32-,36+,37+,38?,39?,43-,44-,45+,46+/m1/s1. The average Bonchev–Trinajstić information content (AvgIpc) is 3.59. The number of aryl methyl sites for hydroxylation is 1. The third-order valence-electron chi connectivity index (χ3n) is 15.8. The van der Waals surface area contributed by atoms with Gasteiger partial charge in [-0.15, -0.1) is 5.10 Å². The Bertz CT molecular complexity index is 1550. The summed E-state index contributed by atoms with van der Waals surface area (Å²) < 4.78 is 18.2. The van der Waals surface area contributed by atoms with E-state index in [9.17, 15) is 14.4 Å². The van der Waals surface area contributed by atoms with E-state index in [1.807, 2.05) is 10.9 Å². The first kappa shape index (κ1) is 43.2. The molecule has 55 heavy (non-hydrogen) atoms. The van der Waals surface area contributed by atoms with Crippen LogP contribution in [0, 0.1) is 57.2 Å². The molecule has 1 aromatic rings. The van der Waals surface area contributed by atoms with E-state index >= 15 is 0 Å². The van der Waals surface area contributed by atoms with Gasteiger partial charge in [-0.3, -0.25) is 19.1 Å². The number of methoxy groups -OCH3 is 2. The molecule has 0 aliphatic heterocycles. The van der Waals surface area contributed by atoms with Crippen LogP contribution in [0.25, 0.3) is 0 Å². The van der Waals surface area contributed by atoms with Gasteiger partial charge >= 0.3 is 17.9 Å². The zero-order valence-corrected chi connectivity index (χ0v) is 35.7. The van der Waals surface area contributed by atoms with Gasteiger partial charge in [-0.05, 0) is 137 Å². The van der Waals surface area contributed by atoms with Crippen molar-refractivity contribution in [1.82, 2.24) is 15.0 Å². The number of fused-ring (bicyclic) bond motifs is 2. The van der Waals surface area contributed by atoms with Crippen LogP contribution in [-0.4, -0.2) is 53.7 Å². The molecule has 0 saturated heterocycles. The van der Waals surface area contributed by atoms with E-state index < -0.39 is 10.8 Å². The highest BCUT2D eigenvalue weighted by atomic mass is 16.5. The fraction of sp³-hybridized carbons (Fsp3) is 0.804. The second kappa shape index (κ2) is 17.7. The molecule has 4 aliphatic carbocycles. The molecule has 4 saturated carbocycles. The van der Waals surface area contributed by atoms with Gasteiger partial charge in [0, 0.05) is 25.6 Å². The Morgan fingerprint density at radius 3 is 1.82 bits per heavy atom. The Labute approximate surface area is 332 Å². The molecule has 10 atom stereocenters. The highest BCUT2D eigenvalue weighted by Gasteiger charge is 2.59. The summed E-state index contributed by atoms with van der Waals surface area (Å²) in [4.78, 5) is 38.7. The quantitative estimate of drug-likeness (QED) is 0.0930. The lowest BCUT2D eigenvalue weighted by Gasteiger charge is -2.57. The maximum atomic E-state index is 12.9. The number of nitrogens with zero attached hydrogens (tertiary/aromatic N) is 3. The van der Waals surface area contributed by atoms with E-state index in [4.69, 9.17) is 14.2 Å². The number of carbonyl (C=O) groups is 3. The van der Waals surface area contributed by atoms with Crippen molar-refractivity contribution in [1.29, 1.82) is 0 Å². The third-order valence-corrected chi connectivity index (χ3v) is 15.8. The monoisotopic (exact) mass is 764 g/mol. The summed E-state index contributed by atoms with van der Waals surface area (Å²) in [6, 6.07) is 0. The highest BCUT2D eigenvalue weighted by molar-refractivity contribution is 5.77. The van der Waals surface area contributed by atoms with E-state index in [0.29, 0.717) is 43.1 Å². The molecule has 308 valence electrons. The first-order valence-corrected chi connectivity index (χ1v) is 21.6. The summed E-state index contributed by atoms with van der Waals surface area (Å²) in [5.74, 6) is 1.82. The number of ether oxygens (including phenoxy) is 3. The van der Waals surface area contributed by atoms with Crippen molar-refractivity contribution < 1.29 is 28.6 Å².